The molecule has 0 saturated carbocycles. The Bertz CT molecular complexity index is 601. The van der Waals surface area contributed by atoms with Crippen molar-refractivity contribution < 1.29 is 12.8 Å². The van der Waals surface area contributed by atoms with E-state index in [9.17, 15) is 8.42 Å². The summed E-state index contributed by atoms with van der Waals surface area (Å²) in [6, 6.07) is 8.03. The molecule has 90 valence electrons. The van der Waals surface area contributed by atoms with Gasteiger partial charge >= 0.3 is 0 Å². The van der Waals surface area contributed by atoms with Crippen molar-refractivity contribution in [3.05, 3.63) is 24.3 Å². The Kier molecular flexibility index (Phi) is 2.32. The van der Waals surface area contributed by atoms with Gasteiger partial charge < -0.3 is 9.32 Å². The first kappa shape index (κ1) is 10.6. The molecule has 5 nitrogen and oxygen atoms in total. The normalized spacial score (nSPS) is 19.6. The van der Waals surface area contributed by atoms with Crippen LogP contribution in [0.5, 0.6) is 0 Å². The monoisotopic (exact) mass is 252 g/mol. The molecule has 0 spiro atoms. The van der Waals surface area contributed by atoms with Crippen LogP contribution in [0.2, 0.25) is 0 Å². The molecule has 0 N–H and O–H groups in total. The summed E-state index contributed by atoms with van der Waals surface area (Å²) < 4.78 is 28.2. The van der Waals surface area contributed by atoms with E-state index in [1.807, 2.05) is 29.2 Å². The summed E-state index contributed by atoms with van der Waals surface area (Å²) in [5.41, 5.74) is 1.53. The van der Waals surface area contributed by atoms with E-state index >= 15 is 0 Å². The second-order valence-electron chi connectivity index (χ2n) is 4.10. The summed E-state index contributed by atoms with van der Waals surface area (Å²) in [5, 5.41) is 0. The lowest BCUT2D eigenvalue weighted by Gasteiger charge is -2.24. The first-order valence-corrected chi connectivity index (χ1v) is 7.27. The van der Waals surface area contributed by atoms with Crippen LogP contribution in [0.4, 0.5) is 6.01 Å². The lowest BCUT2D eigenvalue weighted by molar-refractivity contribution is 0.556. The summed E-state index contributed by atoms with van der Waals surface area (Å²) in [5.74, 6) is 0.345. The van der Waals surface area contributed by atoms with Gasteiger partial charge in [0.2, 0.25) is 0 Å². The molecule has 0 aliphatic carbocycles. The molecule has 17 heavy (non-hydrogen) atoms. The number of para-hydroxylation sites is 2. The van der Waals surface area contributed by atoms with Crippen molar-refractivity contribution in [2.24, 2.45) is 0 Å². The largest absolute Gasteiger partial charge is 0.423 e. The first-order valence-electron chi connectivity index (χ1n) is 5.45. The van der Waals surface area contributed by atoms with Crippen molar-refractivity contribution in [2.45, 2.75) is 0 Å². The summed E-state index contributed by atoms with van der Waals surface area (Å²) in [6.07, 6.45) is 0. The number of hydrogen-bond acceptors (Lipinski definition) is 5. The molecule has 1 aliphatic heterocycles. The Balaban J connectivity index is 1.90. The molecule has 1 fully saturated rings. The summed E-state index contributed by atoms with van der Waals surface area (Å²) in [4.78, 5) is 6.22. The Morgan fingerprint density at radius 2 is 1.88 bits per heavy atom. The van der Waals surface area contributed by atoms with Gasteiger partial charge in [-0.2, -0.15) is 4.98 Å². The van der Waals surface area contributed by atoms with Crippen LogP contribution >= 0.6 is 0 Å². The third kappa shape index (κ3) is 2.00. The number of sulfone groups is 1. The third-order valence-electron chi connectivity index (χ3n) is 2.90. The number of oxazole rings is 1. The molecule has 2 aromatic rings. The molecular weight excluding hydrogens is 240 g/mol. The molecule has 1 saturated heterocycles. The van der Waals surface area contributed by atoms with Crippen molar-refractivity contribution in [1.29, 1.82) is 0 Å². The van der Waals surface area contributed by atoms with Crippen LogP contribution in [0.3, 0.4) is 0 Å². The average molecular weight is 252 g/mol. The van der Waals surface area contributed by atoms with Crippen molar-refractivity contribution in [3.63, 3.8) is 0 Å². The number of nitrogens with zero attached hydrogens (tertiary/aromatic N) is 2. The maximum absolute atomic E-state index is 11.3. The van der Waals surface area contributed by atoms with Crippen LogP contribution in [-0.4, -0.2) is 38.0 Å². The van der Waals surface area contributed by atoms with E-state index in [1.165, 1.54) is 0 Å². The van der Waals surface area contributed by atoms with Crippen LogP contribution in [0.1, 0.15) is 0 Å². The zero-order valence-electron chi connectivity index (χ0n) is 9.17. The van der Waals surface area contributed by atoms with Gasteiger partial charge in [-0.1, -0.05) is 12.1 Å². The fourth-order valence-corrected chi connectivity index (χ4v) is 3.10. The lowest BCUT2D eigenvalue weighted by atomic mass is 10.3. The molecule has 0 amide bonds. The minimum absolute atomic E-state index is 0.172. The Hall–Kier alpha value is -1.56. The minimum atomic E-state index is -2.86. The van der Waals surface area contributed by atoms with Gasteiger partial charge in [0.05, 0.1) is 11.5 Å². The number of fused-ring (bicyclic) bond motifs is 1. The maximum Gasteiger partial charge on any atom is 0.298 e. The van der Waals surface area contributed by atoms with Gasteiger partial charge in [-0.3, -0.25) is 0 Å². The molecular formula is C11H12N2O3S. The van der Waals surface area contributed by atoms with Crippen molar-refractivity contribution in [1.82, 2.24) is 4.98 Å². The second kappa shape index (κ2) is 3.73. The van der Waals surface area contributed by atoms with E-state index in [0.29, 0.717) is 19.1 Å². The SMILES string of the molecule is O=S1(=O)CCN(c2nc3ccccc3o2)CC1. The fourth-order valence-electron chi connectivity index (χ4n) is 1.90. The molecule has 0 radical (unpaired) electrons. The molecule has 1 aliphatic rings. The van der Waals surface area contributed by atoms with Gasteiger partial charge in [0.15, 0.2) is 15.4 Å². The maximum atomic E-state index is 11.3. The van der Waals surface area contributed by atoms with Crippen molar-refractivity contribution >= 4 is 27.0 Å². The Labute approximate surface area is 99.0 Å². The van der Waals surface area contributed by atoms with Gasteiger partial charge in [-0.05, 0) is 12.1 Å². The van der Waals surface area contributed by atoms with Gasteiger partial charge in [0.25, 0.3) is 6.01 Å². The van der Waals surface area contributed by atoms with E-state index < -0.39 is 9.84 Å². The smallest absolute Gasteiger partial charge is 0.298 e. The average Bonchev–Trinajstić information content (AvgIpc) is 2.72. The van der Waals surface area contributed by atoms with Crippen LogP contribution in [0.25, 0.3) is 11.1 Å². The fraction of sp³-hybridized carbons (Fsp3) is 0.364. The summed E-state index contributed by atoms with van der Waals surface area (Å²) in [7, 11) is -2.86. The highest BCUT2D eigenvalue weighted by Gasteiger charge is 2.24. The quantitative estimate of drug-likeness (QED) is 0.759. The Morgan fingerprint density at radius 3 is 2.59 bits per heavy atom. The molecule has 0 atom stereocenters. The number of aromatic nitrogens is 1. The molecule has 6 heteroatoms. The van der Waals surface area contributed by atoms with Crippen molar-refractivity contribution in [2.75, 3.05) is 29.5 Å². The molecule has 1 aromatic carbocycles. The highest BCUT2D eigenvalue weighted by atomic mass is 32.2. The standard InChI is InChI=1S/C11H12N2O3S/c14-17(15)7-5-13(6-8-17)11-12-9-3-1-2-4-10(9)16-11/h1-4H,5-8H2. The third-order valence-corrected chi connectivity index (χ3v) is 4.51. The number of rotatable bonds is 1. The lowest BCUT2D eigenvalue weighted by Crippen LogP contribution is -2.40. The van der Waals surface area contributed by atoms with E-state index in [-0.39, 0.29) is 11.5 Å². The minimum Gasteiger partial charge on any atom is -0.423 e. The molecule has 0 unspecified atom stereocenters. The highest BCUT2D eigenvalue weighted by molar-refractivity contribution is 7.91. The predicted octanol–water partition coefficient (Wildman–Crippen LogP) is 1.06. The zero-order chi connectivity index (χ0) is 11.9. The predicted molar refractivity (Wildman–Crippen MR) is 64.9 cm³/mol. The summed E-state index contributed by atoms with van der Waals surface area (Å²) >= 11 is 0. The topological polar surface area (TPSA) is 63.4 Å². The molecule has 0 bridgehead atoms. The van der Waals surface area contributed by atoms with E-state index in [4.69, 9.17) is 4.42 Å². The second-order valence-corrected chi connectivity index (χ2v) is 6.41. The first-order chi connectivity index (χ1) is 8.14. The Morgan fingerprint density at radius 1 is 1.18 bits per heavy atom. The van der Waals surface area contributed by atoms with Crippen LogP contribution in [0.15, 0.2) is 28.7 Å². The molecule has 1 aromatic heterocycles. The van der Waals surface area contributed by atoms with Gasteiger partial charge in [0.1, 0.15) is 5.52 Å². The van der Waals surface area contributed by atoms with Gasteiger partial charge in [0, 0.05) is 13.1 Å². The number of benzene rings is 1. The van der Waals surface area contributed by atoms with E-state index in [1.54, 1.807) is 0 Å². The zero-order valence-corrected chi connectivity index (χ0v) is 9.98. The van der Waals surface area contributed by atoms with E-state index in [2.05, 4.69) is 4.98 Å². The van der Waals surface area contributed by atoms with Crippen molar-refractivity contribution in [3.8, 4) is 0 Å². The van der Waals surface area contributed by atoms with Gasteiger partial charge in [-0.15, -0.1) is 0 Å². The number of hydrogen-bond donors (Lipinski definition) is 0. The van der Waals surface area contributed by atoms with Gasteiger partial charge in [-0.25, -0.2) is 8.42 Å². The number of anilines is 1. The highest BCUT2D eigenvalue weighted by Crippen LogP contribution is 2.22. The molecule has 2 heterocycles. The van der Waals surface area contributed by atoms with Crippen LogP contribution in [0, 0.1) is 0 Å². The van der Waals surface area contributed by atoms with Crippen LogP contribution < -0.4 is 4.90 Å². The van der Waals surface area contributed by atoms with Crippen LogP contribution in [-0.2, 0) is 9.84 Å². The van der Waals surface area contributed by atoms with E-state index in [0.717, 1.165) is 11.1 Å². The summed E-state index contributed by atoms with van der Waals surface area (Å²) in [6.45, 7) is 0.907. The molecule has 3 rings (SSSR count).